The Morgan fingerprint density at radius 3 is 1.30 bits per heavy atom. The van der Waals surface area contributed by atoms with Gasteiger partial charge < -0.3 is 14.2 Å². The first-order valence-corrected chi connectivity index (χ1v) is 24.7. The number of Topliss-reactive ketones (excluding diaryl/α,β-unsaturated/α-hetero) is 1. The number of hydrogen-bond donors (Lipinski definition) is 0. The fraction of sp³-hybridized carbons (Fsp3) is 0.905. The van der Waals surface area contributed by atoms with Crippen molar-refractivity contribution in [2.75, 3.05) is 126 Å². The second-order valence-electron chi connectivity index (χ2n) is 20.6. The Bertz CT molecular complexity index is 1670. The van der Waals surface area contributed by atoms with Crippen LogP contribution in [0.4, 0.5) is 9.59 Å². The highest BCUT2D eigenvalue weighted by Crippen LogP contribution is 2.26. The molecule has 4 aliphatic heterocycles. The van der Waals surface area contributed by atoms with E-state index in [-0.39, 0.29) is 48.2 Å². The molecule has 0 bridgehead atoms. The lowest BCUT2D eigenvalue weighted by Gasteiger charge is -2.42. The molecule has 0 aromatic rings. The highest BCUT2D eigenvalue weighted by molar-refractivity contribution is 7.88. The van der Waals surface area contributed by atoms with Crippen LogP contribution in [0, 0.1) is 10.8 Å². The van der Waals surface area contributed by atoms with Gasteiger partial charge in [-0.25, -0.2) is 13.9 Å². The van der Waals surface area contributed by atoms with Crippen molar-refractivity contribution in [3.8, 4) is 0 Å². The van der Waals surface area contributed by atoms with E-state index in [0.29, 0.717) is 29.5 Å². The molecule has 0 spiro atoms. The summed E-state index contributed by atoms with van der Waals surface area (Å²) in [5, 5.41) is 0. The Labute approximate surface area is 381 Å². The summed E-state index contributed by atoms with van der Waals surface area (Å²) in [5.74, 6) is -0.233. The molecule has 4 fully saturated rings. The zero-order chi connectivity index (χ0) is 48.8. The Morgan fingerprint density at radius 2 is 0.921 bits per heavy atom. The van der Waals surface area contributed by atoms with E-state index in [2.05, 4.69) is 70.6 Å². The largest absolute Gasteiger partial charge is 0.452 e. The summed E-state index contributed by atoms with van der Waals surface area (Å²) in [4.78, 5) is 55.1. The molecule has 21 heteroatoms. The Kier molecular flexibility index (Phi) is 22.9. The number of nitrogens with zero attached hydrogens (tertiary/aromatic N) is 8. The minimum Gasteiger partial charge on any atom is -0.452 e. The van der Waals surface area contributed by atoms with Crippen molar-refractivity contribution >= 4 is 44.3 Å². The van der Waals surface area contributed by atoms with Crippen molar-refractivity contribution < 1.29 is 50.2 Å². The summed E-state index contributed by atoms with van der Waals surface area (Å²) >= 11 is 0. The topological polar surface area (TPSA) is 190 Å². The number of rotatable bonds is 8. The van der Waals surface area contributed by atoms with Crippen LogP contribution in [0.2, 0.25) is 0 Å². The van der Waals surface area contributed by atoms with Crippen molar-refractivity contribution in [3.05, 3.63) is 0 Å². The molecule has 0 unspecified atom stereocenters. The van der Waals surface area contributed by atoms with Crippen LogP contribution in [0.5, 0.6) is 0 Å². The summed E-state index contributed by atoms with van der Waals surface area (Å²) in [6, 6.07) is 0. The van der Waals surface area contributed by atoms with Crippen molar-refractivity contribution in [3.63, 3.8) is 0 Å². The molecule has 19 nitrogen and oxygen atoms in total. The first kappa shape index (κ1) is 58.4. The van der Waals surface area contributed by atoms with Gasteiger partial charge in [-0.05, 0) is 65.7 Å². The Balaban J connectivity index is 0.000000422. The molecule has 0 atom stereocenters. The van der Waals surface area contributed by atoms with Gasteiger partial charge in [-0.15, -0.1) is 0 Å². The number of carbonyl (C=O) groups is 4. The van der Waals surface area contributed by atoms with Crippen LogP contribution in [0.3, 0.4) is 0 Å². The minimum absolute atomic E-state index is 0.0215. The van der Waals surface area contributed by atoms with E-state index in [4.69, 9.17) is 4.74 Å². The second-order valence-corrected chi connectivity index (χ2v) is 24.3. The fourth-order valence-electron chi connectivity index (χ4n) is 6.92. The lowest BCUT2D eigenvalue weighted by atomic mass is 9.92. The molecular formula is C42H84N8O11S2. The van der Waals surface area contributed by atoms with Crippen LogP contribution in [-0.4, -0.2) is 215 Å². The standard InChI is InChI=1S/C11H24N2O.C11H22N2O.C10H18N2O5S.C10H20N2O4S/c1-11(2,3)13-7-5-12(6-8-13)9-10-14-4;1-10(14)9-12-5-7-13(8-6-12)11(2,3)4;1-10(2,3)7-8(13)11-5-6-12(9(14)17-4)18(11,15)16;1-10(2,3)5-6-11-7-8-12(9(13)16-4)17(11,14)15/h5-10H2,1-4H3;5-9H2,1-4H3;5-7H2,1-4H3;5-8H2,1-4H3. The predicted octanol–water partition coefficient (Wildman–Crippen LogP) is 3.67. The molecule has 3 amide bonds. The van der Waals surface area contributed by atoms with Crippen molar-refractivity contribution in [2.24, 2.45) is 10.8 Å². The first-order valence-electron chi connectivity index (χ1n) is 21.9. The monoisotopic (exact) mass is 941 g/mol. The minimum atomic E-state index is -4.07. The van der Waals surface area contributed by atoms with Gasteiger partial charge in [0, 0.05) is 96.6 Å². The van der Waals surface area contributed by atoms with E-state index in [1.807, 2.05) is 41.5 Å². The van der Waals surface area contributed by atoms with Crippen molar-refractivity contribution in [1.82, 2.24) is 36.8 Å². The Hall–Kier alpha value is -2.66. The number of methoxy groups -OCH3 is 3. The number of ketones is 1. The van der Waals surface area contributed by atoms with E-state index in [1.54, 1.807) is 14.0 Å². The molecule has 4 rings (SSSR count). The SMILES string of the molecule is CC(=O)CN1CCN(C(C)(C)C)CC1.COC(=O)N1CCN(C(=O)CC(C)(C)C)S1(=O)=O.COC(=O)N1CCN(CCC(C)(C)C)S1(=O)=O.COCCN1CCN(C(C)(C)C)CC1. The predicted molar refractivity (Wildman–Crippen MR) is 246 cm³/mol. The fourth-order valence-corrected chi connectivity index (χ4v) is 9.85. The smallest absolute Gasteiger partial charge is 0.424 e. The molecule has 0 aromatic heterocycles. The lowest BCUT2D eigenvalue weighted by molar-refractivity contribution is -0.128. The van der Waals surface area contributed by atoms with Gasteiger partial charge in [-0.1, -0.05) is 41.5 Å². The van der Waals surface area contributed by atoms with Gasteiger partial charge in [0.1, 0.15) is 5.78 Å². The molecule has 0 aromatic carbocycles. The van der Waals surface area contributed by atoms with E-state index in [0.717, 1.165) is 61.5 Å². The average Bonchev–Trinajstić information content (AvgIpc) is 3.64. The molecule has 370 valence electrons. The summed E-state index contributed by atoms with van der Waals surface area (Å²) in [5.41, 5.74) is 0.342. The highest BCUT2D eigenvalue weighted by Gasteiger charge is 2.44. The summed E-state index contributed by atoms with van der Waals surface area (Å²) in [6.45, 7) is 39.3. The van der Waals surface area contributed by atoms with Gasteiger partial charge in [-0.2, -0.15) is 29.8 Å². The van der Waals surface area contributed by atoms with E-state index in [9.17, 15) is 36.0 Å². The maximum atomic E-state index is 12.0. The molecule has 0 radical (unpaired) electrons. The van der Waals surface area contributed by atoms with Crippen LogP contribution < -0.4 is 0 Å². The number of hydrogen-bond acceptors (Lipinski definition) is 15. The van der Waals surface area contributed by atoms with Crippen LogP contribution in [0.25, 0.3) is 0 Å². The average molecular weight is 941 g/mol. The first-order chi connectivity index (χ1) is 28.7. The van der Waals surface area contributed by atoms with Gasteiger partial charge in [-0.3, -0.25) is 29.2 Å². The number of piperazine rings is 2. The van der Waals surface area contributed by atoms with Crippen LogP contribution in [0.1, 0.15) is 103 Å². The summed E-state index contributed by atoms with van der Waals surface area (Å²) in [7, 11) is -3.70. The maximum Gasteiger partial charge on any atom is 0.424 e. The quantitative estimate of drug-likeness (QED) is 0.343. The van der Waals surface area contributed by atoms with Gasteiger partial charge in [0.15, 0.2) is 0 Å². The second kappa shape index (κ2) is 24.7. The molecule has 4 aliphatic rings. The molecule has 63 heavy (non-hydrogen) atoms. The van der Waals surface area contributed by atoms with E-state index in [1.165, 1.54) is 37.6 Å². The van der Waals surface area contributed by atoms with E-state index >= 15 is 0 Å². The number of carbonyl (C=O) groups excluding carboxylic acids is 4. The zero-order valence-electron chi connectivity index (χ0n) is 41.6. The molecule has 4 heterocycles. The zero-order valence-corrected chi connectivity index (χ0v) is 43.2. The lowest BCUT2D eigenvalue weighted by Crippen LogP contribution is -2.54. The number of ether oxygens (including phenoxy) is 3. The molecule has 4 saturated heterocycles. The van der Waals surface area contributed by atoms with Crippen LogP contribution >= 0.6 is 0 Å². The van der Waals surface area contributed by atoms with Gasteiger partial charge in [0.25, 0.3) is 0 Å². The van der Waals surface area contributed by atoms with Gasteiger partial charge >= 0.3 is 32.6 Å². The third-order valence-corrected chi connectivity index (χ3v) is 14.5. The Morgan fingerprint density at radius 1 is 0.508 bits per heavy atom. The number of amides is 3. The van der Waals surface area contributed by atoms with Crippen molar-refractivity contribution in [1.29, 1.82) is 0 Å². The summed E-state index contributed by atoms with van der Waals surface area (Å²) in [6.07, 6.45) is -0.938. The molecule has 0 aliphatic carbocycles. The van der Waals surface area contributed by atoms with Crippen LogP contribution in [0.15, 0.2) is 0 Å². The normalized spacial score (nSPS) is 20.4. The molecular weight excluding hydrogens is 857 g/mol. The van der Waals surface area contributed by atoms with Gasteiger partial charge in [0.05, 0.1) is 47.0 Å². The van der Waals surface area contributed by atoms with Gasteiger partial charge in [0.2, 0.25) is 5.91 Å². The van der Waals surface area contributed by atoms with Crippen molar-refractivity contribution in [2.45, 2.75) is 114 Å². The highest BCUT2D eigenvalue weighted by atomic mass is 32.2. The molecule has 0 saturated carbocycles. The van der Waals surface area contributed by atoms with E-state index < -0.39 is 38.5 Å². The third-order valence-electron chi connectivity index (χ3n) is 10.7. The van der Waals surface area contributed by atoms with Crippen LogP contribution in [-0.2, 0) is 44.2 Å². The molecule has 0 N–H and O–H groups in total. The maximum absolute atomic E-state index is 12.0. The summed E-state index contributed by atoms with van der Waals surface area (Å²) < 4.78 is 65.1. The third kappa shape index (κ3) is 20.2.